The monoisotopic (exact) mass is 317 g/mol. The number of carboxylic acid groups (broad SMARTS) is 1. The number of methoxy groups -OCH3 is 1. The molecule has 0 aliphatic carbocycles. The van der Waals surface area contributed by atoms with Crippen molar-refractivity contribution in [3.8, 4) is 5.75 Å². The van der Waals surface area contributed by atoms with Crippen LogP contribution in [0.5, 0.6) is 5.75 Å². The van der Waals surface area contributed by atoms with Gasteiger partial charge in [0.25, 0.3) is 5.91 Å². The highest BCUT2D eigenvalue weighted by Gasteiger charge is 2.16. The summed E-state index contributed by atoms with van der Waals surface area (Å²) in [5.74, 6) is -0.735. The number of rotatable bonds is 7. The number of aryl methyl sites for hydroxylation is 1. The molecule has 23 heavy (non-hydrogen) atoms. The van der Waals surface area contributed by atoms with Gasteiger partial charge in [-0.15, -0.1) is 0 Å². The number of hydrogen-bond donors (Lipinski definition) is 2. The van der Waals surface area contributed by atoms with Crippen LogP contribution in [-0.4, -0.2) is 30.1 Å². The van der Waals surface area contributed by atoms with E-state index in [2.05, 4.69) is 5.32 Å². The molecule has 0 saturated carbocycles. The fourth-order valence-electron chi connectivity index (χ4n) is 2.11. The van der Waals surface area contributed by atoms with E-state index in [4.69, 9.17) is 14.3 Å². The first kappa shape index (κ1) is 16.6. The van der Waals surface area contributed by atoms with E-state index in [9.17, 15) is 9.59 Å². The smallest absolute Gasteiger partial charge is 0.338 e. The largest absolute Gasteiger partial charge is 0.497 e. The van der Waals surface area contributed by atoms with Crippen molar-refractivity contribution < 1.29 is 23.8 Å². The van der Waals surface area contributed by atoms with Crippen LogP contribution in [0.15, 0.2) is 41.0 Å². The second kappa shape index (κ2) is 7.49. The Labute approximate surface area is 134 Å². The molecule has 1 aromatic heterocycles. The van der Waals surface area contributed by atoms with Crippen molar-refractivity contribution in [2.75, 3.05) is 7.11 Å². The first-order valence-corrected chi connectivity index (χ1v) is 7.25. The van der Waals surface area contributed by atoms with Crippen molar-refractivity contribution in [2.45, 2.75) is 25.8 Å². The van der Waals surface area contributed by atoms with Gasteiger partial charge in [-0.2, -0.15) is 0 Å². The quantitative estimate of drug-likeness (QED) is 0.819. The van der Waals surface area contributed by atoms with Gasteiger partial charge in [0, 0.05) is 12.1 Å². The lowest BCUT2D eigenvalue weighted by atomic mass is 10.1. The zero-order chi connectivity index (χ0) is 16.8. The fourth-order valence-corrected chi connectivity index (χ4v) is 2.11. The molecule has 1 unspecified atom stereocenters. The van der Waals surface area contributed by atoms with E-state index in [1.54, 1.807) is 7.11 Å². The lowest BCUT2D eigenvalue weighted by Gasteiger charge is -2.13. The van der Waals surface area contributed by atoms with E-state index in [0.29, 0.717) is 0 Å². The molecule has 2 rings (SSSR count). The van der Waals surface area contributed by atoms with Crippen LogP contribution < -0.4 is 10.1 Å². The highest BCUT2D eigenvalue weighted by atomic mass is 16.5. The summed E-state index contributed by atoms with van der Waals surface area (Å²) >= 11 is 0. The molecule has 0 aliphatic heterocycles. The average Bonchev–Trinajstić information content (AvgIpc) is 3.04. The van der Waals surface area contributed by atoms with Gasteiger partial charge in [0.15, 0.2) is 5.76 Å². The van der Waals surface area contributed by atoms with E-state index in [0.717, 1.165) is 30.4 Å². The molecule has 2 N–H and O–H groups in total. The molecule has 122 valence electrons. The molecule has 6 heteroatoms. The van der Waals surface area contributed by atoms with Crippen LogP contribution in [-0.2, 0) is 6.42 Å². The summed E-state index contributed by atoms with van der Waals surface area (Å²) in [6.07, 6.45) is 2.62. The Bertz CT molecular complexity index is 675. The lowest BCUT2D eigenvalue weighted by molar-refractivity contribution is 0.0695. The Morgan fingerprint density at radius 3 is 2.57 bits per heavy atom. The molecule has 1 amide bonds. The molecule has 0 saturated heterocycles. The molecular formula is C17H19NO5. The van der Waals surface area contributed by atoms with Crippen LogP contribution in [0, 0.1) is 0 Å². The van der Waals surface area contributed by atoms with Gasteiger partial charge in [-0.1, -0.05) is 12.1 Å². The Morgan fingerprint density at radius 2 is 2.00 bits per heavy atom. The van der Waals surface area contributed by atoms with Crippen LogP contribution >= 0.6 is 0 Å². The molecule has 0 fully saturated rings. The standard InChI is InChI=1S/C17H19NO5/c1-11(3-4-12-5-7-14(22-2)8-6-12)18-16(19)15-9-13(10-23-15)17(20)21/h5-11H,3-4H2,1-2H3,(H,18,19)(H,20,21). The number of carbonyl (C=O) groups excluding carboxylic acids is 1. The van der Waals surface area contributed by atoms with E-state index >= 15 is 0 Å². The minimum absolute atomic E-state index is 0.00121. The summed E-state index contributed by atoms with van der Waals surface area (Å²) in [4.78, 5) is 22.7. The second-order valence-corrected chi connectivity index (χ2v) is 5.27. The van der Waals surface area contributed by atoms with Crippen LogP contribution in [0.3, 0.4) is 0 Å². The van der Waals surface area contributed by atoms with E-state index in [-0.39, 0.29) is 17.4 Å². The van der Waals surface area contributed by atoms with Crippen LogP contribution in [0.25, 0.3) is 0 Å². The van der Waals surface area contributed by atoms with Gasteiger partial charge in [0.2, 0.25) is 0 Å². The number of benzene rings is 1. The number of carbonyl (C=O) groups is 2. The van der Waals surface area contributed by atoms with Gasteiger partial charge >= 0.3 is 5.97 Å². The average molecular weight is 317 g/mol. The summed E-state index contributed by atoms with van der Waals surface area (Å²) < 4.78 is 10.1. The molecule has 1 atom stereocenters. The number of furan rings is 1. The van der Waals surface area contributed by atoms with Gasteiger partial charge in [0.1, 0.15) is 12.0 Å². The van der Waals surface area contributed by atoms with Crippen molar-refractivity contribution in [1.29, 1.82) is 0 Å². The Morgan fingerprint density at radius 1 is 1.30 bits per heavy atom. The normalized spacial score (nSPS) is 11.7. The number of aromatic carboxylic acids is 1. The highest BCUT2D eigenvalue weighted by molar-refractivity contribution is 5.95. The number of nitrogens with one attached hydrogen (secondary N) is 1. The molecule has 2 aromatic rings. The van der Waals surface area contributed by atoms with Gasteiger partial charge in [0.05, 0.1) is 12.7 Å². The molecule has 0 bridgehead atoms. The van der Waals surface area contributed by atoms with Crippen molar-refractivity contribution in [3.63, 3.8) is 0 Å². The molecule has 0 aliphatic rings. The Kier molecular flexibility index (Phi) is 5.41. The van der Waals surface area contributed by atoms with Crippen molar-refractivity contribution in [3.05, 3.63) is 53.5 Å². The fraction of sp³-hybridized carbons (Fsp3) is 0.294. The lowest BCUT2D eigenvalue weighted by Crippen LogP contribution is -2.32. The highest BCUT2D eigenvalue weighted by Crippen LogP contribution is 2.13. The minimum atomic E-state index is -1.12. The summed E-state index contributed by atoms with van der Waals surface area (Å²) in [5, 5.41) is 11.6. The van der Waals surface area contributed by atoms with E-state index in [1.807, 2.05) is 31.2 Å². The zero-order valence-electron chi connectivity index (χ0n) is 13.0. The van der Waals surface area contributed by atoms with Gasteiger partial charge < -0.3 is 19.6 Å². The van der Waals surface area contributed by atoms with Crippen molar-refractivity contribution in [2.24, 2.45) is 0 Å². The predicted octanol–water partition coefficient (Wildman–Crippen LogP) is 2.74. The molecule has 6 nitrogen and oxygen atoms in total. The van der Waals surface area contributed by atoms with Gasteiger partial charge in [-0.25, -0.2) is 4.79 Å². The predicted molar refractivity (Wildman–Crippen MR) is 83.9 cm³/mol. The van der Waals surface area contributed by atoms with E-state index in [1.165, 1.54) is 6.07 Å². The maximum Gasteiger partial charge on any atom is 0.338 e. The molecule has 0 spiro atoms. The number of ether oxygens (including phenoxy) is 1. The molecule has 1 heterocycles. The third-order valence-corrected chi connectivity index (χ3v) is 3.47. The summed E-state index contributed by atoms with van der Waals surface area (Å²) in [7, 11) is 1.62. The maximum absolute atomic E-state index is 12.0. The molecule has 1 aromatic carbocycles. The van der Waals surface area contributed by atoms with Gasteiger partial charge in [-0.05, 0) is 37.5 Å². The third kappa shape index (κ3) is 4.60. The second-order valence-electron chi connectivity index (χ2n) is 5.27. The van der Waals surface area contributed by atoms with Crippen LogP contribution in [0.1, 0.15) is 39.8 Å². The summed E-state index contributed by atoms with van der Waals surface area (Å²) in [6.45, 7) is 1.89. The number of amides is 1. The Hall–Kier alpha value is -2.76. The first-order valence-electron chi connectivity index (χ1n) is 7.25. The minimum Gasteiger partial charge on any atom is -0.497 e. The van der Waals surface area contributed by atoms with E-state index < -0.39 is 11.9 Å². The first-order chi connectivity index (χ1) is 11.0. The maximum atomic E-state index is 12.0. The topological polar surface area (TPSA) is 88.8 Å². The summed E-state index contributed by atoms with van der Waals surface area (Å²) in [5.41, 5.74) is 1.11. The molecule has 0 radical (unpaired) electrons. The number of carboxylic acids is 1. The Balaban J connectivity index is 1.84. The zero-order valence-corrected chi connectivity index (χ0v) is 13.0. The van der Waals surface area contributed by atoms with Crippen LogP contribution in [0.2, 0.25) is 0 Å². The van der Waals surface area contributed by atoms with Crippen molar-refractivity contribution in [1.82, 2.24) is 5.32 Å². The van der Waals surface area contributed by atoms with Gasteiger partial charge in [-0.3, -0.25) is 4.79 Å². The van der Waals surface area contributed by atoms with Crippen LogP contribution in [0.4, 0.5) is 0 Å². The number of hydrogen-bond acceptors (Lipinski definition) is 4. The van der Waals surface area contributed by atoms with Crippen molar-refractivity contribution >= 4 is 11.9 Å². The molecular weight excluding hydrogens is 298 g/mol. The summed E-state index contributed by atoms with van der Waals surface area (Å²) in [6, 6.07) is 8.92. The third-order valence-electron chi connectivity index (χ3n) is 3.47. The SMILES string of the molecule is COc1ccc(CCC(C)NC(=O)c2cc(C(=O)O)co2)cc1.